The van der Waals surface area contributed by atoms with Crippen molar-refractivity contribution >= 4 is 0 Å². The van der Waals surface area contributed by atoms with Crippen molar-refractivity contribution in [3.63, 3.8) is 0 Å². The zero-order valence-corrected chi connectivity index (χ0v) is 5.89. The summed E-state index contributed by atoms with van der Waals surface area (Å²) in [6.45, 7) is 4.13. The SMILES string of the molecule is CC/C(C)=C/C=C\C#N. The first kappa shape index (κ1) is 7.97. The van der Waals surface area contributed by atoms with E-state index in [2.05, 4.69) is 6.92 Å². The number of rotatable bonds is 2. The van der Waals surface area contributed by atoms with Crippen LogP contribution in [0, 0.1) is 11.3 Å². The minimum atomic E-state index is 1.05. The molecule has 48 valence electrons. The number of nitriles is 1. The van der Waals surface area contributed by atoms with Crippen molar-refractivity contribution in [1.29, 1.82) is 5.26 Å². The number of nitrogens with zero attached hydrogens (tertiary/aromatic N) is 1. The predicted octanol–water partition coefficient (Wildman–Crippen LogP) is 2.42. The Balaban J connectivity index is 3.72. The van der Waals surface area contributed by atoms with Crippen LogP contribution in [0.3, 0.4) is 0 Å². The van der Waals surface area contributed by atoms with Crippen LogP contribution in [0.1, 0.15) is 20.3 Å². The van der Waals surface area contributed by atoms with Crippen molar-refractivity contribution in [2.75, 3.05) is 0 Å². The monoisotopic (exact) mass is 121 g/mol. The van der Waals surface area contributed by atoms with E-state index < -0.39 is 0 Å². The van der Waals surface area contributed by atoms with Gasteiger partial charge in [-0.15, -0.1) is 0 Å². The molecule has 0 saturated heterocycles. The van der Waals surface area contributed by atoms with Crippen molar-refractivity contribution in [3.8, 4) is 6.07 Å². The van der Waals surface area contributed by atoms with E-state index in [-0.39, 0.29) is 0 Å². The Kier molecular flexibility index (Phi) is 4.53. The molecule has 0 radical (unpaired) electrons. The summed E-state index contributed by atoms with van der Waals surface area (Å²) in [5.74, 6) is 0. The lowest BCUT2D eigenvalue weighted by Gasteiger charge is -1.86. The normalized spacial score (nSPS) is 11.9. The minimum Gasteiger partial charge on any atom is -0.193 e. The highest BCUT2D eigenvalue weighted by molar-refractivity contribution is 5.15. The van der Waals surface area contributed by atoms with Gasteiger partial charge in [-0.05, 0) is 13.3 Å². The third kappa shape index (κ3) is 4.83. The highest BCUT2D eigenvalue weighted by Crippen LogP contribution is 1.96. The van der Waals surface area contributed by atoms with Gasteiger partial charge in [-0.25, -0.2) is 0 Å². The first-order valence-corrected chi connectivity index (χ1v) is 3.03. The summed E-state index contributed by atoms with van der Waals surface area (Å²) in [6, 6.07) is 1.92. The maximum absolute atomic E-state index is 8.09. The molecular weight excluding hydrogens is 110 g/mol. The molecule has 0 spiro atoms. The molecule has 0 atom stereocenters. The van der Waals surface area contributed by atoms with Crippen LogP contribution < -0.4 is 0 Å². The molecule has 0 fully saturated rings. The van der Waals surface area contributed by atoms with Gasteiger partial charge in [0, 0.05) is 6.08 Å². The van der Waals surface area contributed by atoms with Crippen LogP contribution in [0.15, 0.2) is 23.8 Å². The second-order valence-corrected chi connectivity index (χ2v) is 1.85. The first-order chi connectivity index (χ1) is 4.31. The van der Waals surface area contributed by atoms with Gasteiger partial charge in [0.1, 0.15) is 0 Å². The van der Waals surface area contributed by atoms with Crippen LogP contribution in [0.4, 0.5) is 0 Å². The molecule has 0 aliphatic carbocycles. The maximum atomic E-state index is 8.09. The van der Waals surface area contributed by atoms with E-state index in [0.29, 0.717) is 0 Å². The summed E-state index contributed by atoms with van der Waals surface area (Å²) in [4.78, 5) is 0. The summed E-state index contributed by atoms with van der Waals surface area (Å²) in [7, 11) is 0. The topological polar surface area (TPSA) is 23.8 Å². The number of hydrogen-bond acceptors (Lipinski definition) is 1. The van der Waals surface area contributed by atoms with Gasteiger partial charge in [0.05, 0.1) is 6.07 Å². The molecule has 0 amide bonds. The van der Waals surface area contributed by atoms with Crippen LogP contribution in [-0.2, 0) is 0 Å². The van der Waals surface area contributed by atoms with Crippen molar-refractivity contribution < 1.29 is 0 Å². The second-order valence-electron chi connectivity index (χ2n) is 1.85. The standard InChI is InChI=1S/C8H11N/c1-3-8(2)6-4-5-7-9/h4-6H,3H2,1-2H3/b5-4-,8-6+. The smallest absolute Gasteiger partial charge is 0.0912 e. The molecule has 0 bridgehead atoms. The molecule has 0 unspecified atom stereocenters. The van der Waals surface area contributed by atoms with Gasteiger partial charge in [0.2, 0.25) is 0 Å². The third-order valence-electron chi connectivity index (χ3n) is 1.11. The lowest BCUT2D eigenvalue weighted by Crippen LogP contribution is -1.66. The largest absolute Gasteiger partial charge is 0.193 e. The maximum Gasteiger partial charge on any atom is 0.0912 e. The summed E-state index contributed by atoms with van der Waals surface area (Å²) in [5, 5.41) is 8.09. The second kappa shape index (κ2) is 5.11. The fourth-order valence-electron chi connectivity index (χ4n) is 0.373. The number of hydrogen-bond donors (Lipinski definition) is 0. The van der Waals surface area contributed by atoms with Gasteiger partial charge in [-0.1, -0.05) is 24.6 Å². The van der Waals surface area contributed by atoms with Crippen molar-refractivity contribution in [2.45, 2.75) is 20.3 Å². The summed E-state index contributed by atoms with van der Waals surface area (Å²) < 4.78 is 0. The molecular formula is C8H11N. The molecule has 0 aromatic rings. The Morgan fingerprint density at radius 3 is 2.78 bits per heavy atom. The molecule has 1 heteroatoms. The molecule has 0 aliphatic rings. The molecule has 0 heterocycles. The van der Waals surface area contributed by atoms with Crippen LogP contribution in [-0.4, -0.2) is 0 Å². The molecule has 0 rings (SSSR count). The zero-order valence-electron chi connectivity index (χ0n) is 5.89. The van der Waals surface area contributed by atoms with Gasteiger partial charge >= 0.3 is 0 Å². The lowest BCUT2D eigenvalue weighted by molar-refractivity contribution is 1.10. The summed E-state index contributed by atoms with van der Waals surface area (Å²) in [6.07, 6.45) is 6.23. The zero-order chi connectivity index (χ0) is 7.11. The Morgan fingerprint density at radius 1 is 1.67 bits per heavy atom. The van der Waals surface area contributed by atoms with Gasteiger partial charge in [0.25, 0.3) is 0 Å². The summed E-state index contributed by atoms with van der Waals surface area (Å²) >= 11 is 0. The number of allylic oxidation sites excluding steroid dienone is 4. The average Bonchev–Trinajstić information content (AvgIpc) is 1.89. The predicted molar refractivity (Wildman–Crippen MR) is 38.8 cm³/mol. The summed E-state index contributed by atoms with van der Waals surface area (Å²) in [5.41, 5.74) is 1.29. The van der Waals surface area contributed by atoms with Crippen molar-refractivity contribution in [3.05, 3.63) is 23.8 Å². The highest BCUT2D eigenvalue weighted by Gasteiger charge is 1.76. The molecule has 1 nitrogen and oxygen atoms in total. The fraction of sp³-hybridized carbons (Fsp3) is 0.375. The highest BCUT2D eigenvalue weighted by atomic mass is 14.2. The minimum absolute atomic E-state index is 1.05. The van der Waals surface area contributed by atoms with Gasteiger partial charge in [-0.3, -0.25) is 0 Å². The van der Waals surface area contributed by atoms with Crippen molar-refractivity contribution in [1.82, 2.24) is 0 Å². The third-order valence-corrected chi connectivity index (χ3v) is 1.11. The first-order valence-electron chi connectivity index (χ1n) is 3.03. The molecule has 0 aromatic carbocycles. The lowest BCUT2D eigenvalue weighted by atomic mass is 10.2. The molecule has 9 heavy (non-hydrogen) atoms. The molecule has 0 aliphatic heterocycles. The molecule has 0 aromatic heterocycles. The van der Waals surface area contributed by atoms with Crippen LogP contribution >= 0.6 is 0 Å². The van der Waals surface area contributed by atoms with Gasteiger partial charge in [-0.2, -0.15) is 5.26 Å². The van der Waals surface area contributed by atoms with E-state index in [1.807, 2.05) is 19.1 Å². The van der Waals surface area contributed by atoms with E-state index in [1.54, 1.807) is 6.08 Å². The quantitative estimate of drug-likeness (QED) is 0.406. The van der Waals surface area contributed by atoms with E-state index in [9.17, 15) is 0 Å². The van der Waals surface area contributed by atoms with Crippen LogP contribution in [0.5, 0.6) is 0 Å². The Hall–Kier alpha value is -1.03. The molecule has 0 saturated carbocycles. The molecule has 0 N–H and O–H groups in total. The van der Waals surface area contributed by atoms with Gasteiger partial charge < -0.3 is 0 Å². The van der Waals surface area contributed by atoms with Gasteiger partial charge in [0.15, 0.2) is 0 Å². The van der Waals surface area contributed by atoms with Crippen LogP contribution in [0.2, 0.25) is 0 Å². The fourth-order valence-corrected chi connectivity index (χ4v) is 0.373. The van der Waals surface area contributed by atoms with E-state index in [1.165, 1.54) is 11.6 Å². The van der Waals surface area contributed by atoms with E-state index in [0.717, 1.165) is 6.42 Å². The van der Waals surface area contributed by atoms with Crippen molar-refractivity contribution in [2.24, 2.45) is 0 Å². The average molecular weight is 121 g/mol. The van der Waals surface area contributed by atoms with E-state index in [4.69, 9.17) is 5.26 Å². The van der Waals surface area contributed by atoms with Crippen LogP contribution in [0.25, 0.3) is 0 Å². The Morgan fingerprint density at radius 2 is 2.33 bits per heavy atom. The Bertz CT molecular complexity index is 158. The van der Waals surface area contributed by atoms with E-state index >= 15 is 0 Å². The Labute approximate surface area is 56.3 Å².